The summed E-state index contributed by atoms with van der Waals surface area (Å²) in [6.07, 6.45) is 5.08. The standard InChI is InChI=1S/C29H35ClN6O4S/c1-19(2)41(38,39)25-7-5-4-6-23(25)33-27-21(30)18-32-28(35-27)34-22-9-8-20(16-24(22)40-3)36-14-11-29(12-15-36)10-13-31-26(37)17-29/h4-9,16,18-19H,10-15,17H2,1-3H3,(H,31,37)(H2,32,33,34,35). The molecule has 3 heterocycles. The fourth-order valence-electron chi connectivity index (χ4n) is 5.44. The topological polar surface area (TPSA) is 126 Å². The third kappa shape index (κ3) is 6.20. The molecule has 2 fully saturated rings. The monoisotopic (exact) mass is 598 g/mol. The number of amides is 1. The van der Waals surface area contributed by atoms with Crippen LogP contribution in [0.25, 0.3) is 0 Å². The Morgan fingerprint density at radius 1 is 1.07 bits per heavy atom. The molecule has 3 aromatic rings. The maximum atomic E-state index is 12.9. The molecule has 2 aliphatic heterocycles. The van der Waals surface area contributed by atoms with Crippen LogP contribution in [-0.2, 0) is 14.6 Å². The summed E-state index contributed by atoms with van der Waals surface area (Å²) >= 11 is 6.39. The predicted molar refractivity (Wildman–Crippen MR) is 161 cm³/mol. The second-order valence-electron chi connectivity index (χ2n) is 10.9. The van der Waals surface area contributed by atoms with Gasteiger partial charge in [-0.1, -0.05) is 23.7 Å². The number of hydrogen-bond acceptors (Lipinski definition) is 9. The van der Waals surface area contributed by atoms with Gasteiger partial charge in [-0.25, -0.2) is 13.4 Å². The van der Waals surface area contributed by atoms with Crippen LogP contribution >= 0.6 is 11.6 Å². The average Bonchev–Trinajstić information content (AvgIpc) is 2.95. The van der Waals surface area contributed by atoms with E-state index in [1.54, 1.807) is 45.2 Å². The first-order chi connectivity index (χ1) is 19.6. The zero-order chi connectivity index (χ0) is 29.2. The molecule has 2 aliphatic rings. The first-order valence-corrected chi connectivity index (χ1v) is 15.6. The highest BCUT2D eigenvalue weighted by Gasteiger charge is 2.38. The summed E-state index contributed by atoms with van der Waals surface area (Å²) in [7, 11) is -1.93. The normalized spacial score (nSPS) is 16.9. The van der Waals surface area contributed by atoms with Crippen molar-refractivity contribution in [2.45, 2.75) is 49.7 Å². The lowest BCUT2D eigenvalue weighted by molar-refractivity contribution is -0.126. The number of sulfone groups is 1. The zero-order valence-corrected chi connectivity index (χ0v) is 25.0. The van der Waals surface area contributed by atoms with E-state index in [4.69, 9.17) is 16.3 Å². The SMILES string of the molecule is COc1cc(N2CCC3(CCNC(=O)C3)CC2)ccc1Nc1ncc(Cl)c(Nc2ccccc2S(=O)(=O)C(C)C)n1. The van der Waals surface area contributed by atoms with Gasteiger partial charge < -0.3 is 25.6 Å². The van der Waals surface area contributed by atoms with Gasteiger partial charge in [-0.15, -0.1) is 0 Å². The fraction of sp³-hybridized carbons (Fsp3) is 0.414. The number of ether oxygens (including phenoxy) is 1. The Kier molecular flexibility index (Phi) is 8.28. The molecular formula is C29H35ClN6O4S. The lowest BCUT2D eigenvalue weighted by Gasteiger charge is -2.44. The molecule has 10 nitrogen and oxygen atoms in total. The Morgan fingerprint density at radius 2 is 1.83 bits per heavy atom. The van der Waals surface area contributed by atoms with Gasteiger partial charge in [0.25, 0.3) is 0 Å². The van der Waals surface area contributed by atoms with Crippen LogP contribution in [0.15, 0.2) is 53.6 Å². The fourth-order valence-corrected chi connectivity index (χ4v) is 6.78. The number of benzene rings is 2. The van der Waals surface area contributed by atoms with E-state index in [1.807, 2.05) is 18.2 Å². The summed E-state index contributed by atoms with van der Waals surface area (Å²) in [5.41, 5.74) is 2.21. The highest BCUT2D eigenvalue weighted by molar-refractivity contribution is 7.92. The number of para-hydroxylation sites is 1. The average molecular weight is 599 g/mol. The highest BCUT2D eigenvalue weighted by atomic mass is 35.5. The smallest absolute Gasteiger partial charge is 0.229 e. The summed E-state index contributed by atoms with van der Waals surface area (Å²) in [6.45, 7) is 5.81. The second kappa shape index (κ2) is 11.7. The van der Waals surface area contributed by atoms with Gasteiger partial charge in [0.15, 0.2) is 15.7 Å². The molecule has 0 atom stereocenters. The Morgan fingerprint density at radius 3 is 2.54 bits per heavy atom. The van der Waals surface area contributed by atoms with Gasteiger partial charge >= 0.3 is 0 Å². The highest BCUT2D eigenvalue weighted by Crippen LogP contribution is 2.42. The van der Waals surface area contributed by atoms with E-state index in [1.165, 1.54) is 6.20 Å². The Labute approximate surface area is 245 Å². The van der Waals surface area contributed by atoms with Gasteiger partial charge in [-0.05, 0) is 62.8 Å². The molecule has 0 bridgehead atoms. The molecular weight excluding hydrogens is 564 g/mol. The molecule has 0 aliphatic carbocycles. The molecule has 2 aromatic carbocycles. The maximum Gasteiger partial charge on any atom is 0.229 e. The minimum Gasteiger partial charge on any atom is -0.494 e. The molecule has 0 unspecified atom stereocenters. The lowest BCUT2D eigenvalue weighted by Crippen LogP contribution is -2.47. The van der Waals surface area contributed by atoms with Crippen LogP contribution < -0.4 is 25.6 Å². The number of carbonyl (C=O) groups is 1. The van der Waals surface area contributed by atoms with Gasteiger partial charge in [-0.3, -0.25) is 4.79 Å². The number of carbonyl (C=O) groups excluding carboxylic acids is 1. The van der Waals surface area contributed by atoms with E-state index >= 15 is 0 Å². The van der Waals surface area contributed by atoms with Gasteiger partial charge in [0.1, 0.15) is 10.8 Å². The van der Waals surface area contributed by atoms with E-state index in [-0.39, 0.29) is 33.0 Å². The molecule has 1 amide bonds. The first kappa shape index (κ1) is 28.9. The van der Waals surface area contributed by atoms with Gasteiger partial charge in [0.05, 0.1) is 34.8 Å². The van der Waals surface area contributed by atoms with Crippen LogP contribution in [0, 0.1) is 5.41 Å². The van der Waals surface area contributed by atoms with E-state index in [2.05, 4.69) is 30.8 Å². The quantitative estimate of drug-likeness (QED) is 0.316. The Hall–Kier alpha value is -3.57. The van der Waals surface area contributed by atoms with Crippen molar-refractivity contribution in [2.24, 2.45) is 5.41 Å². The summed E-state index contributed by atoms with van der Waals surface area (Å²) in [6, 6.07) is 12.6. The number of nitrogens with zero attached hydrogens (tertiary/aromatic N) is 3. The minimum absolute atomic E-state index is 0.113. The third-order valence-corrected chi connectivity index (χ3v) is 10.4. The molecule has 12 heteroatoms. The first-order valence-electron chi connectivity index (χ1n) is 13.7. The van der Waals surface area contributed by atoms with E-state index in [0.29, 0.717) is 23.5 Å². The van der Waals surface area contributed by atoms with E-state index in [0.717, 1.165) is 44.6 Å². The molecule has 2 saturated heterocycles. The van der Waals surface area contributed by atoms with Crippen molar-refractivity contribution in [3.8, 4) is 5.75 Å². The van der Waals surface area contributed by atoms with Crippen molar-refractivity contribution in [3.05, 3.63) is 53.7 Å². The van der Waals surface area contributed by atoms with Crippen LogP contribution in [-0.4, -0.2) is 56.3 Å². The number of anilines is 5. The summed E-state index contributed by atoms with van der Waals surface area (Å²) in [5, 5.41) is 8.87. The van der Waals surface area contributed by atoms with Crippen LogP contribution in [0.5, 0.6) is 5.75 Å². The number of hydrogen-bond donors (Lipinski definition) is 3. The Balaban J connectivity index is 1.32. The number of methoxy groups -OCH3 is 1. The third-order valence-electron chi connectivity index (χ3n) is 7.95. The molecule has 0 saturated carbocycles. The van der Waals surface area contributed by atoms with Crippen LogP contribution in [0.3, 0.4) is 0 Å². The Bertz CT molecular complexity index is 1540. The minimum atomic E-state index is -3.54. The lowest BCUT2D eigenvalue weighted by atomic mass is 9.71. The van der Waals surface area contributed by atoms with Gasteiger partial charge in [0.2, 0.25) is 11.9 Å². The van der Waals surface area contributed by atoms with Crippen LogP contribution in [0.4, 0.5) is 28.8 Å². The van der Waals surface area contributed by atoms with E-state index in [9.17, 15) is 13.2 Å². The van der Waals surface area contributed by atoms with Crippen LogP contribution in [0.1, 0.15) is 39.5 Å². The number of piperidine rings is 2. The van der Waals surface area contributed by atoms with Crippen molar-refractivity contribution in [1.29, 1.82) is 0 Å². The van der Waals surface area contributed by atoms with Crippen molar-refractivity contribution in [3.63, 3.8) is 0 Å². The van der Waals surface area contributed by atoms with Gasteiger partial charge in [0, 0.05) is 37.8 Å². The van der Waals surface area contributed by atoms with Crippen molar-refractivity contribution >= 4 is 56.2 Å². The molecule has 5 rings (SSSR count). The van der Waals surface area contributed by atoms with Crippen LogP contribution in [0.2, 0.25) is 5.02 Å². The second-order valence-corrected chi connectivity index (χ2v) is 13.8. The molecule has 41 heavy (non-hydrogen) atoms. The number of halogens is 1. The van der Waals surface area contributed by atoms with Crippen molar-refractivity contribution < 1.29 is 17.9 Å². The number of nitrogens with one attached hydrogen (secondary N) is 3. The van der Waals surface area contributed by atoms with E-state index < -0.39 is 15.1 Å². The molecule has 218 valence electrons. The molecule has 3 N–H and O–H groups in total. The van der Waals surface area contributed by atoms with Gasteiger partial charge in [-0.2, -0.15) is 4.98 Å². The van der Waals surface area contributed by atoms with Crippen molar-refractivity contribution in [2.75, 3.05) is 42.3 Å². The predicted octanol–water partition coefficient (Wildman–Crippen LogP) is 5.30. The zero-order valence-electron chi connectivity index (χ0n) is 23.4. The number of aromatic nitrogens is 2. The number of rotatable bonds is 8. The summed E-state index contributed by atoms with van der Waals surface area (Å²) in [4.78, 5) is 23.3. The molecule has 1 spiro atoms. The summed E-state index contributed by atoms with van der Waals surface area (Å²) < 4.78 is 31.5. The maximum absolute atomic E-state index is 12.9. The summed E-state index contributed by atoms with van der Waals surface area (Å²) in [5.74, 6) is 1.32. The van der Waals surface area contributed by atoms with Crippen molar-refractivity contribution in [1.82, 2.24) is 15.3 Å². The molecule has 1 aromatic heterocycles. The molecule has 0 radical (unpaired) electrons. The largest absolute Gasteiger partial charge is 0.494 e.